The molecule has 1 aromatic heterocycles. The maximum atomic E-state index is 11.5. The molecule has 0 saturated carbocycles. The number of hydrogen-bond donors (Lipinski definition) is 2. The molecule has 3 N–H and O–H groups in total. The average Bonchev–Trinajstić information content (AvgIpc) is 2.69. The van der Waals surface area contributed by atoms with Crippen LogP contribution < -0.4 is 5.73 Å². The minimum Gasteiger partial charge on any atom is -0.341 e. The summed E-state index contributed by atoms with van der Waals surface area (Å²) in [6, 6.07) is 4.71. The minimum absolute atomic E-state index is 0.158. The predicted molar refractivity (Wildman–Crippen MR) is 75.6 cm³/mol. The first-order valence-corrected chi connectivity index (χ1v) is 8.12. The van der Waals surface area contributed by atoms with Crippen molar-refractivity contribution in [2.24, 2.45) is 11.7 Å². The molecule has 1 heterocycles. The summed E-state index contributed by atoms with van der Waals surface area (Å²) in [7, 11) is -3.20. The van der Waals surface area contributed by atoms with Crippen molar-refractivity contribution in [3.8, 4) is 0 Å². The van der Waals surface area contributed by atoms with Crippen molar-refractivity contribution in [1.82, 2.24) is 9.97 Å². The Hall–Kier alpha value is -1.40. The summed E-state index contributed by atoms with van der Waals surface area (Å²) >= 11 is 0. The summed E-state index contributed by atoms with van der Waals surface area (Å²) in [5.74, 6) is 1.18. The van der Waals surface area contributed by atoms with E-state index in [0.717, 1.165) is 11.9 Å². The first-order chi connectivity index (χ1) is 8.77. The van der Waals surface area contributed by atoms with Gasteiger partial charge in [0, 0.05) is 6.26 Å². The maximum absolute atomic E-state index is 11.5. The Bertz CT molecular complexity index is 689. The third kappa shape index (κ3) is 3.13. The summed E-state index contributed by atoms with van der Waals surface area (Å²) in [6.07, 6.45) is 2.02. The minimum atomic E-state index is -3.20. The van der Waals surface area contributed by atoms with Gasteiger partial charge in [0.15, 0.2) is 9.84 Å². The molecule has 19 heavy (non-hydrogen) atoms. The fourth-order valence-electron chi connectivity index (χ4n) is 2.03. The molecule has 1 unspecified atom stereocenters. The van der Waals surface area contributed by atoms with E-state index >= 15 is 0 Å². The van der Waals surface area contributed by atoms with E-state index in [4.69, 9.17) is 5.73 Å². The Morgan fingerprint density at radius 2 is 2.05 bits per heavy atom. The van der Waals surface area contributed by atoms with E-state index in [-0.39, 0.29) is 10.9 Å². The quantitative estimate of drug-likeness (QED) is 0.897. The zero-order chi connectivity index (χ0) is 14.2. The molecule has 0 bridgehead atoms. The van der Waals surface area contributed by atoms with Gasteiger partial charge in [-0.3, -0.25) is 0 Å². The van der Waals surface area contributed by atoms with E-state index in [1.54, 1.807) is 18.2 Å². The lowest BCUT2D eigenvalue weighted by Crippen LogP contribution is -2.14. The smallest absolute Gasteiger partial charge is 0.175 e. The Balaban J connectivity index is 2.41. The van der Waals surface area contributed by atoms with Gasteiger partial charge in [0.1, 0.15) is 5.82 Å². The number of sulfone groups is 1. The van der Waals surface area contributed by atoms with Crippen molar-refractivity contribution in [3.05, 3.63) is 24.0 Å². The second-order valence-corrected chi connectivity index (χ2v) is 7.32. The van der Waals surface area contributed by atoms with Crippen LogP contribution in [0, 0.1) is 5.92 Å². The highest BCUT2D eigenvalue weighted by molar-refractivity contribution is 7.90. The third-order valence-corrected chi connectivity index (χ3v) is 4.09. The molecule has 2 rings (SSSR count). The van der Waals surface area contributed by atoms with Crippen LogP contribution in [0.25, 0.3) is 11.0 Å². The SMILES string of the molecule is CC(C)CC(N)c1nc2ccc(S(C)(=O)=O)cc2[nH]1. The summed E-state index contributed by atoms with van der Waals surface area (Å²) < 4.78 is 23.0. The van der Waals surface area contributed by atoms with Crippen LogP contribution in [0.1, 0.15) is 32.1 Å². The number of imidazole rings is 1. The van der Waals surface area contributed by atoms with Crippen LogP contribution in [0.15, 0.2) is 23.1 Å². The lowest BCUT2D eigenvalue weighted by atomic mass is 10.0. The molecule has 1 atom stereocenters. The van der Waals surface area contributed by atoms with E-state index in [1.807, 2.05) is 0 Å². The van der Waals surface area contributed by atoms with Crippen LogP contribution in [0.3, 0.4) is 0 Å². The maximum Gasteiger partial charge on any atom is 0.175 e. The van der Waals surface area contributed by atoms with Crippen LogP contribution in [0.5, 0.6) is 0 Å². The summed E-state index contributed by atoms with van der Waals surface area (Å²) in [5, 5.41) is 0. The van der Waals surface area contributed by atoms with E-state index in [0.29, 0.717) is 17.3 Å². The highest BCUT2D eigenvalue weighted by Gasteiger charge is 2.14. The van der Waals surface area contributed by atoms with Gasteiger partial charge in [-0.05, 0) is 30.5 Å². The van der Waals surface area contributed by atoms with Gasteiger partial charge in [0.05, 0.1) is 22.0 Å². The molecule has 2 aromatic rings. The Kier molecular flexibility index (Phi) is 3.64. The van der Waals surface area contributed by atoms with Crippen molar-refractivity contribution in [1.29, 1.82) is 0 Å². The molecular formula is C13H19N3O2S. The van der Waals surface area contributed by atoms with Crippen molar-refractivity contribution in [3.63, 3.8) is 0 Å². The molecule has 0 aliphatic rings. The number of fused-ring (bicyclic) bond motifs is 1. The van der Waals surface area contributed by atoms with Crippen molar-refractivity contribution >= 4 is 20.9 Å². The van der Waals surface area contributed by atoms with E-state index in [9.17, 15) is 8.42 Å². The van der Waals surface area contributed by atoms with Gasteiger partial charge in [-0.25, -0.2) is 13.4 Å². The highest BCUT2D eigenvalue weighted by Crippen LogP contribution is 2.22. The fraction of sp³-hybridized carbons (Fsp3) is 0.462. The number of nitrogens with zero attached hydrogens (tertiary/aromatic N) is 1. The van der Waals surface area contributed by atoms with Gasteiger partial charge in [-0.15, -0.1) is 0 Å². The zero-order valence-electron chi connectivity index (χ0n) is 11.3. The first-order valence-electron chi connectivity index (χ1n) is 6.22. The number of benzene rings is 1. The Morgan fingerprint density at radius 1 is 1.37 bits per heavy atom. The number of hydrogen-bond acceptors (Lipinski definition) is 4. The Morgan fingerprint density at radius 3 is 2.63 bits per heavy atom. The molecule has 6 heteroatoms. The zero-order valence-corrected chi connectivity index (χ0v) is 12.2. The lowest BCUT2D eigenvalue weighted by Gasteiger charge is -2.10. The summed E-state index contributed by atoms with van der Waals surface area (Å²) in [6.45, 7) is 4.20. The lowest BCUT2D eigenvalue weighted by molar-refractivity contribution is 0.496. The number of aromatic amines is 1. The number of aromatic nitrogens is 2. The molecule has 0 radical (unpaired) electrons. The fourth-order valence-corrected chi connectivity index (χ4v) is 2.68. The topological polar surface area (TPSA) is 88.8 Å². The number of H-pyrrole nitrogens is 1. The van der Waals surface area contributed by atoms with Crippen LogP contribution in [0.2, 0.25) is 0 Å². The highest BCUT2D eigenvalue weighted by atomic mass is 32.2. The van der Waals surface area contributed by atoms with Gasteiger partial charge < -0.3 is 10.7 Å². The molecule has 0 spiro atoms. The van der Waals surface area contributed by atoms with E-state index < -0.39 is 9.84 Å². The normalized spacial score (nSPS) is 14.2. The van der Waals surface area contributed by atoms with Gasteiger partial charge in [-0.2, -0.15) is 0 Å². The number of nitrogens with two attached hydrogens (primary N) is 1. The molecular weight excluding hydrogens is 262 g/mol. The molecule has 0 aliphatic heterocycles. The van der Waals surface area contributed by atoms with E-state index in [2.05, 4.69) is 23.8 Å². The van der Waals surface area contributed by atoms with Gasteiger partial charge >= 0.3 is 0 Å². The van der Waals surface area contributed by atoms with Gasteiger partial charge in [0.25, 0.3) is 0 Å². The largest absolute Gasteiger partial charge is 0.341 e. The van der Waals surface area contributed by atoms with Gasteiger partial charge in [-0.1, -0.05) is 13.8 Å². The van der Waals surface area contributed by atoms with Crippen LogP contribution in [0.4, 0.5) is 0 Å². The monoisotopic (exact) mass is 281 g/mol. The van der Waals surface area contributed by atoms with Crippen LogP contribution >= 0.6 is 0 Å². The second-order valence-electron chi connectivity index (χ2n) is 5.31. The molecule has 0 fully saturated rings. The van der Waals surface area contributed by atoms with E-state index in [1.165, 1.54) is 6.26 Å². The number of nitrogens with one attached hydrogen (secondary N) is 1. The molecule has 5 nitrogen and oxygen atoms in total. The van der Waals surface area contributed by atoms with Crippen molar-refractivity contribution in [2.75, 3.05) is 6.26 Å². The standard InChI is InChI=1S/C13H19N3O2S/c1-8(2)6-10(14)13-15-11-5-4-9(19(3,17)18)7-12(11)16-13/h4-5,7-8,10H,6,14H2,1-3H3,(H,15,16). The Labute approximate surface area is 113 Å². The number of rotatable bonds is 4. The van der Waals surface area contributed by atoms with Crippen LogP contribution in [-0.2, 0) is 9.84 Å². The second kappa shape index (κ2) is 4.94. The molecule has 0 saturated heterocycles. The average molecular weight is 281 g/mol. The molecule has 1 aromatic carbocycles. The third-order valence-electron chi connectivity index (χ3n) is 2.98. The van der Waals surface area contributed by atoms with Crippen LogP contribution in [-0.4, -0.2) is 24.6 Å². The summed E-state index contributed by atoms with van der Waals surface area (Å²) in [4.78, 5) is 7.81. The first kappa shape index (κ1) is 14.0. The van der Waals surface area contributed by atoms with Gasteiger partial charge in [0.2, 0.25) is 0 Å². The molecule has 0 aliphatic carbocycles. The predicted octanol–water partition coefficient (Wildman–Crippen LogP) is 2.01. The molecule has 0 amide bonds. The van der Waals surface area contributed by atoms with Crippen molar-refractivity contribution in [2.45, 2.75) is 31.2 Å². The van der Waals surface area contributed by atoms with Crippen molar-refractivity contribution < 1.29 is 8.42 Å². The summed E-state index contributed by atoms with van der Waals surface area (Å²) in [5.41, 5.74) is 7.51. The molecule has 104 valence electrons.